The SMILES string of the molecule is O=C1C[C@@H](C(=O)N2CCN(Cc3ccc4c(c3)OCO4)CC2)CN1CCc1c[nH]c2ccc(F)cc12. The molecule has 3 aromatic rings. The molecule has 2 fully saturated rings. The highest BCUT2D eigenvalue weighted by molar-refractivity contribution is 5.89. The standard InChI is InChI=1S/C27H29FN4O4/c28-21-2-3-23-22(13-21)19(14-29-23)5-6-32-16-20(12-26(32)33)27(34)31-9-7-30(8-10-31)15-18-1-4-24-25(11-18)36-17-35-24/h1-4,11,13-14,20,29H,5-10,12,15-17H2/t20-/m1/s1. The smallest absolute Gasteiger partial charge is 0.231 e. The predicted octanol–water partition coefficient (Wildman–Crippen LogP) is 2.77. The lowest BCUT2D eigenvalue weighted by molar-refractivity contribution is -0.137. The Balaban J connectivity index is 0.999. The van der Waals surface area contributed by atoms with E-state index in [-0.39, 0.29) is 36.8 Å². The second-order valence-corrected chi connectivity index (χ2v) is 9.78. The average Bonchev–Trinajstić information content (AvgIpc) is 3.61. The molecule has 1 N–H and O–H groups in total. The van der Waals surface area contributed by atoms with Crippen molar-refractivity contribution in [2.24, 2.45) is 5.92 Å². The summed E-state index contributed by atoms with van der Waals surface area (Å²) in [4.78, 5) is 35.0. The number of carbonyl (C=O) groups is 2. The number of hydrogen-bond donors (Lipinski definition) is 1. The molecule has 0 saturated carbocycles. The number of rotatable bonds is 6. The van der Waals surface area contributed by atoms with Gasteiger partial charge in [-0.2, -0.15) is 0 Å². The van der Waals surface area contributed by atoms with Crippen molar-refractivity contribution in [2.75, 3.05) is 46.1 Å². The van der Waals surface area contributed by atoms with Gasteiger partial charge in [-0.15, -0.1) is 0 Å². The molecule has 9 heteroatoms. The lowest BCUT2D eigenvalue weighted by atomic mass is 10.1. The molecular formula is C27H29FN4O4. The fourth-order valence-electron chi connectivity index (χ4n) is 5.45. The van der Waals surface area contributed by atoms with Crippen LogP contribution in [0.1, 0.15) is 17.5 Å². The summed E-state index contributed by atoms with van der Waals surface area (Å²) in [7, 11) is 0. The Labute approximate surface area is 208 Å². The van der Waals surface area contributed by atoms with Crippen LogP contribution in [0.25, 0.3) is 10.9 Å². The molecule has 0 bridgehead atoms. The number of carbonyl (C=O) groups excluding carboxylic acids is 2. The van der Waals surface area contributed by atoms with Gasteiger partial charge in [0.05, 0.1) is 5.92 Å². The zero-order chi connectivity index (χ0) is 24.6. The summed E-state index contributed by atoms with van der Waals surface area (Å²) in [6, 6.07) is 10.7. The molecule has 36 heavy (non-hydrogen) atoms. The van der Waals surface area contributed by atoms with Gasteiger partial charge in [-0.05, 0) is 47.9 Å². The minimum Gasteiger partial charge on any atom is -0.454 e. The van der Waals surface area contributed by atoms with Crippen molar-refractivity contribution in [3.8, 4) is 11.5 Å². The molecule has 2 amide bonds. The van der Waals surface area contributed by atoms with Gasteiger partial charge >= 0.3 is 0 Å². The van der Waals surface area contributed by atoms with Crippen molar-refractivity contribution in [3.05, 3.63) is 59.5 Å². The largest absolute Gasteiger partial charge is 0.454 e. The van der Waals surface area contributed by atoms with E-state index in [2.05, 4.69) is 16.0 Å². The van der Waals surface area contributed by atoms with Crippen LogP contribution < -0.4 is 9.47 Å². The maximum Gasteiger partial charge on any atom is 0.231 e. The predicted molar refractivity (Wildman–Crippen MR) is 131 cm³/mol. The number of aromatic amines is 1. The van der Waals surface area contributed by atoms with E-state index in [1.54, 1.807) is 11.0 Å². The topological polar surface area (TPSA) is 78.1 Å². The molecular weight excluding hydrogens is 463 g/mol. The highest BCUT2D eigenvalue weighted by Gasteiger charge is 2.37. The van der Waals surface area contributed by atoms with Crippen molar-refractivity contribution in [1.29, 1.82) is 0 Å². The number of aromatic nitrogens is 1. The van der Waals surface area contributed by atoms with Gasteiger partial charge in [0.2, 0.25) is 18.6 Å². The number of amides is 2. The molecule has 1 atom stereocenters. The molecule has 4 heterocycles. The molecule has 0 aliphatic carbocycles. The van der Waals surface area contributed by atoms with E-state index in [0.29, 0.717) is 32.6 Å². The molecule has 0 radical (unpaired) electrons. The maximum atomic E-state index is 13.7. The van der Waals surface area contributed by atoms with Gasteiger partial charge in [0.15, 0.2) is 11.5 Å². The van der Waals surface area contributed by atoms with Gasteiger partial charge < -0.3 is 24.3 Å². The number of hydrogen-bond acceptors (Lipinski definition) is 5. The minimum absolute atomic E-state index is 0.0146. The summed E-state index contributed by atoms with van der Waals surface area (Å²) >= 11 is 0. The number of nitrogens with zero attached hydrogens (tertiary/aromatic N) is 3. The molecule has 8 nitrogen and oxygen atoms in total. The second kappa shape index (κ2) is 9.46. The molecule has 3 aliphatic heterocycles. The molecule has 1 aromatic heterocycles. The number of H-pyrrole nitrogens is 1. The van der Waals surface area contributed by atoms with Crippen LogP contribution in [0.4, 0.5) is 4.39 Å². The van der Waals surface area contributed by atoms with E-state index in [1.165, 1.54) is 12.1 Å². The third kappa shape index (κ3) is 4.51. The van der Waals surface area contributed by atoms with Crippen LogP contribution in [0.15, 0.2) is 42.6 Å². The summed E-state index contributed by atoms with van der Waals surface area (Å²) in [5.74, 6) is 1.09. The number of likely N-dealkylation sites (tertiary alicyclic amines) is 1. The third-order valence-corrected chi connectivity index (χ3v) is 7.47. The first-order valence-electron chi connectivity index (χ1n) is 12.5. The Bertz CT molecular complexity index is 1300. The normalized spacial score (nSPS) is 20.0. The number of piperazine rings is 1. The first-order valence-corrected chi connectivity index (χ1v) is 12.5. The highest BCUT2D eigenvalue weighted by Crippen LogP contribution is 2.33. The Kier molecular flexibility index (Phi) is 6.00. The summed E-state index contributed by atoms with van der Waals surface area (Å²) < 4.78 is 24.5. The van der Waals surface area contributed by atoms with E-state index in [0.717, 1.165) is 53.2 Å². The van der Waals surface area contributed by atoms with E-state index < -0.39 is 0 Å². The van der Waals surface area contributed by atoms with Crippen molar-refractivity contribution < 1.29 is 23.5 Å². The van der Waals surface area contributed by atoms with Crippen molar-refractivity contribution in [3.63, 3.8) is 0 Å². The van der Waals surface area contributed by atoms with Crippen molar-refractivity contribution in [2.45, 2.75) is 19.4 Å². The minimum atomic E-state index is -0.293. The van der Waals surface area contributed by atoms with E-state index in [9.17, 15) is 14.0 Å². The Morgan fingerprint density at radius 2 is 1.89 bits per heavy atom. The average molecular weight is 493 g/mol. The van der Waals surface area contributed by atoms with Gasteiger partial charge in [0.25, 0.3) is 0 Å². The van der Waals surface area contributed by atoms with Crippen LogP contribution in [0.5, 0.6) is 11.5 Å². The van der Waals surface area contributed by atoms with Gasteiger partial charge in [-0.1, -0.05) is 6.07 Å². The first kappa shape index (κ1) is 22.8. The molecule has 2 aromatic carbocycles. The Morgan fingerprint density at radius 3 is 2.75 bits per heavy atom. The van der Waals surface area contributed by atoms with Gasteiger partial charge in [-0.3, -0.25) is 14.5 Å². The molecule has 0 unspecified atom stereocenters. The van der Waals surface area contributed by atoms with Gasteiger partial charge in [0.1, 0.15) is 5.82 Å². The lowest BCUT2D eigenvalue weighted by Crippen LogP contribution is -2.50. The maximum absolute atomic E-state index is 13.7. The van der Waals surface area contributed by atoms with E-state index >= 15 is 0 Å². The second-order valence-electron chi connectivity index (χ2n) is 9.78. The number of nitrogens with one attached hydrogen (secondary N) is 1. The Hall–Kier alpha value is -3.59. The van der Waals surface area contributed by atoms with E-state index in [4.69, 9.17) is 9.47 Å². The summed E-state index contributed by atoms with van der Waals surface area (Å²) in [5, 5.41) is 0.841. The first-order chi connectivity index (χ1) is 17.5. The number of fused-ring (bicyclic) bond motifs is 2. The monoisotopic (exact) mass is 492 g/mol. The quantitative estimate of drug-likeness (QED) is 0.573. The number of ether oxygens (including phenoxy) is 2. The number of halogens is 1. The third-order valence-electron chi connectivity index (χ3n) is 7.47. The zero-order valence-corrected chi connectivity index (χ0v) is 20.0. The van der Waals surface area contributed by atoms with E-state index in [1.807, 2.05) is 23.2 Å². The van der Waals surface area contributed by atoms with Gasteiger partial charge in [-0.25, -0.2) is 4.39 Å². The molecule has 6 rings (SSSR count). The fourth-order valence-corrected chi connectivity index (χ4v) is 5.45. The van der Waals surface area contributed by atoms with Crippen LogP contribution >= 0.6 is 0 Å². The van der Waals surface area contributed by atoms with Crippen LogP contribution in [0.3, 0.4) is 0 Å². The molecule has 0 spiro atoms. The number of benzene rings is 2. The highest BCUT2D eigenvalue weighted by atomic mass is 19.1. The summed E-state index contributed by atoms with van der Waals surface area (Å²) in [6.07, 6.45) is 2.75. The lowest BCUT2D eigenvalue weighted by Gasteiger charge is -2.36. The van der Waals surface area contributed by atoms with Crippen LogP contribution in [-0.4, -0.2) is 77.6 Å². The fraction of sp³-hybridized carbons (Fsp3) is 0.407. The van der Waals surface area contributed by atoms with Crippen LogP contribution in [-0.2, 0) is 22.6 Å². The molecule has 188 valence electrons. The Morgan fingerprint density at radius 1 is 1.06 bits per heavy atom. The van der Waals surface area contributed by atoms with Crippen molar-refractivity contribution in [1.82, 2.24) is 19.7 Å². The molecule has 3 aliphatic rings. The molecule has 2 saturated heterocycles. The zero-order valence-electron chi connectivity index (χ0n) is 20.0. The van der Waals surface area contributed by atoms with Crippen LogP contribution in [0.2, 0.25) is 0 Å². The van der Waals surface area contributed by atoms with Crippen LogP contribution in [0, 0.1) is 11.7 Å². The summed E-state index contributed by atoms with van der Waals surface area (Å²) in [5.41, 5.74) is 3.02. The van der Waals surface area contributed by atoms with Crippen molar-refractivity contribution >= 4 is 22.7 Å². The van der Waals surface area contributed by atoms with Gasteiger partial charge in [0, 0.05) is 69.3 Å². The summed E-state index contributed by atoms with van der Waals surface area (Å²) in [6.45, 7) is 4.95.